The number of benzene rings is 2. The molecule has 0 aliphatic heterocycles. The third-order valence-electron chi connectivity index (χ3n) is 4.72. The molecule has 0 radical (unpaired) electrons. The average Bonchev–Trinajstić information content (AvgIpc) is 3.25. The second-order valence-electron chi connectivity index (χ2n) is 7.93. The first kappa shape index (κ1) is 25.0. The van der Waals surface area contributed by atoms with Gasteiger partial charge in [0, 0.05) is 24.6 Å². The largest absolute Gasteiger partial charge is 0.492 e. The molecule has 3 N–H and O–H groups in total. The molecular weight excluding hydrogens is 466 g/mol. The highest BCUT2D eigenvalue weighted by molar-refractivity contribution is 7.92. The Balaban J connectivity index is 1.44. The van der Waals surface area contributed by atoms with E-state index in [1.807, 2.05) is 38.1 Å². The van der Waals surface area contributed by atoms with E-state index in [0.29, 0.717) is 24.6 Å². The van der Waals surface area contributed by atoms with Crippen LogP contribution in [0, 0.1) is 0 Å². The van der Waals surface area contributed by atoms with Gasteiger partial charge in [0.2, 0.25) is 10.0 Å². The molecule has 1 unspecified atom stereocenters. The molecule has 33 heavy (non-hydrogen) atoms. The van der Waals surface area contributed by atoms with Crippen LogP contribution in [0.2, 0.25) is 5.02 Å². The average molecular weight is 494 g/mol. The van der Waals surface area contributed by atoms with E-state index >= 15 is 0 Å². The van der Waals surface area contributed by atoms with E-state index in [9.17, 15) is 13.5 Å². The van der Waals surface area contributed by atoms with Gasteiger partial charge in [-0.2, -0.15) is 0 Å². The second kappa shape index (κ2) is 11.0. The van der Waals surface area contributed by atoms with Crippen molar-refractivity contribution >= 4 is 27.3 Å². The maximum atomic E-state index is 11.4. The summed E-state index contributed by atoms with van der Waals surface area (Å²) in [5.74, 6) is 1.67. The fourth-order valence-electron chi connectivity index (χ4n) is 3.03. The van der Waals surface area contributed by atoms with Crippen LogP contribution in [0.5, 0.6) is 5.75 Å². The minimum Gasteiger partial charge on any atom is -0.492 e. The molecule has 0 amide bonds. The quantitative estimate of drug-likeness (QED) is 0.343. The zero-order valence-corrected chi connectivity index (χ0v) is 20.3. The Hall–Kier alpha value is -2.59. The van der Waals surface area contributed by atoms with E-state index in [2.05, 4.69) is 15.0 Å². The number of halogens is 1. The molecule has 0 bridgehead atoms. The van der Waals surface area contributed by atoms with Crippen molar-refractivity contribution in [3.8, 4) is 17.0 Å². The van der Waals surface area contributed by atoms with Crippen LogP contribution in [0.15, 0.2) is 53.1 Å². The molecule has 1 heterocycles. The van der Waals surface area contributed by atoms with Crippen LogP contribution in [0.3, 0.4) is 0 Å². The fraction of sp³-hybridized carbons (Fsp3) is 0.348. The SMILES string of the molecule is CC(C)c1nc(-c2ccc(OCCNCC(O)c3ccc(Cl)c(NS(C)(=O)=O)c3)cc2)co1. The number of ether oxygens (including phenoxy) is 1. The van der Waals surface area contributed by atoms with Crippen LogP contribution in [0.4, 0.5) is 5.69 Å². The summed E-state index contributed by atoms with van der Waals surface area (Å²) in [7, 11) is -3.47. The number of sulfonamides is 1. The fourth-order valence-corrected chi connectivity index (χ4v) is 3.82. The topological polar surface area (TPSA) is 114 Å². The summed E-state index contributed by atoms with van der Waals surface area (Å²) < 4.78 is 36.4. The molecule has 0 saturated heterocycles. The number of aliphatic hydroxyl groups excluding tert-OH is 1. The second-order valence-corrected chi connectivity index (χ2v) is 10.1. The predicted molar refractivity (Wildman–Crippen MR) is 129 cm³/mol. The van der Waals surface area contributed by atoms with Gasteiger partial charge in [-0.05, 0) is 42.0 Å². The number of nitrogens with one attached hydrogen (secondary N) is 2. The lowest BCUT2D eigenvalue weighted by atomic mass is 10.1. The molecule has 1 atom stereocenters. The smallest absolute Gasteiger partial charge is 0.229 e. The van der Waals surface area contributed by atoms with E-state index in [0.717, 1.165) is 23.3 Å². The number of oxazole rings is 1. The molecule has 8 nitrogen and oxygen atoms in total. The summed E-state index contributed by atoms with van der Waals surface area (Å²) >= 11 is 6.02. The molecule has 10 heteroatoms. The van der Waals surface area contributed by atoms with E-state index in [1.54, 1.807) is 18.4 Å². The molecule has 2 aromatic carbocycles. The first-order valence-electron chi connectivity index (χ1n) is 10.5. The van der Waals surface area contributed by atoms with Crippen molar-refractivity contribution in [1.82, 2.24) is 10.3 Å². The molecule has 3 aromatic rings. The molecule has 0 saturated carbocycles. The van der Waals surface area contributed by atoms with Gasteiger partial charge in [-0.1, -0.05) is 31.5 Å². The summed E-state index contributed by atoms with van der Waals surface area (Å²) in [5.41, 5.74) is 2.52. The van der Waals surface area contributed by atoms with Crippen LogP contribution >= 0.6 is 11.6 Å². The number of aromatic nitrogens is 1. The lowest BCUT2D eigenvalue weighted by Gasteiger charge is -2.15. The Kier molecular flexibility index (Phi) is 8.36. The Labute approximate surface area is 199 Å². The molecule has 0 fully saturated rings. The first-order valence-corrected chi connectivity index (χ1v) is 12.7. The zero-order valence-electron chi connectivity index (χ0n) is 18.7. The van der Waals surface area contributed by atoms with Crippen LogP contribution in [0.25, 0.3) is 11.3 Å². The number of hydrogen-bond acceptors (Lipinski definition) is 7. The maximum Gasteiger partial charge on any atom is 0.229 e. The summed E-state index contributed by atoms with van der Waals surface area (Å²) in [6.07, 6.45) is 1.86. The van der Waals surface area contributed by atoms with Gasteiger partial charge < -0.3 is 19.6 Å². The minimum absolute atomic E-state index is 0.230. The van der Waals surface area contributed by atoms with Gasteiger partial charge in [-0.15, -0.1) is 0 Å². The lowest BCUT2D eigenvalue weighted by molar-refractivity contribution is 0.172. The number of nitrogens with zero attached hydrogens (tertiary/aromatic N) is 1. The van der Waals surface area contributed by atoms with Crippen LogP contribution in [-0.2, 0) is 10.0 Å². The molecule has 1 aromatic heterocycles. The van der Waals surface area contributed by atoms with Crippen molar-refractivity contribution < 1.29 is 22.7 Å². The number of aliphatic hydroxyl groups is 1. The third kappa shape index (κ3) is 7.46. The summed E-state index contributed by atoms with van der Waals surface area (Å²) in [4.78, 5) is 4.48. The Morgan fingerprint density at radius 2 is 1.91 bits per heavy atom. The van der Waals surface area contributed by atoms with Gasteiger partial charge in [0.25, 0.3) is 0 Å². The molecule has 178 valence electrons. The van der Waals surface area contributed by atoms with Gasteiger partial charge in [0.1, 0.15) is 24.3 Å². The molecule has 0 aliphatic rings. The summed E-state index contributed by atoms with van der Waals surface area (Å²) in [6.45, 7) is 5.26. The van der Waals surface area contributed by atoms with Crippen molar-refractivity contribution in [1.29, 1.82) is 0 Å². The first-order chi connectivity index (χ1) is 15.6. The van der Waals surface area contributed by atoms with E-state index < -0.39 is 16.1 Å². The van der Waals surface area contributed by atoms with E-state index in [-0.39, 0.29) is 23.2 Å². The highest BCUT2D eigenvalue weighted by Crippen LogP contribution is 2.27. The van der Waals surface area contributed by atoms with E-state index in [1.165, 1.54) is 6.07 Å². The van der Waals surface area contributed by atoms with Crippen LogP contribution in [0.1, 0.15) is 37.3 Å². The Morgan fingerprint density at radius 3 is 2.55 bits per heavy atom. The molecule has 0 aliphatic carbocycles. The van der Waals surface area contributed by atoms with Gasteiger partial charge in [-0.25, -0.2) is 13.4 Å². The molecule has 0 spiro atoms. The lowest BCUT2D eigenvalue weighted by Crippen LogP contribution is -2.26. The standard InChI is InChI=1S/C23H28ClN3O5S/c1-15(2)23-26-21(14-32-23)16-4-7-18(8-5-16)31-11-10-25-13-22(28)17-6-9-19(24)20(12-17)27-33(3,29)30/h4-9,12,14-15,22,25,27-28H,10-11,13H2,1-3H3. The monoisotopic (exact) mass is 493 g/mol. The van der Waals surface area contributed by atoms with Crippen molar-refractivity contribution in [2.75, 3.05) is 30.7 Å². The normalized spacial score (nSPS) is 12.7. The Bertz CT molecular complexity index is 1160. The van der Waals surface area contributed by atoms with Crippen LogP contribution < -0.4 is 14.8 Å². The van der Waals surface area contributed by atoms with Gasteiger partial charge >= 0.3 is 0 Å². The Morgan fingerprint density at radius 1 is 1.18 bits per heavy atom. The van der Waals surface area contributed by atoms with Gasteiger partial charge in [-0.3, -0.25) is 4.72 Å². The van der Waals surface area contributed by atoms with Crippen molar-refractivity contribution in [3.05, 3.63) is 65.2 Å². The summed E-state index contributed by atoms with van der Waals surface area (Å²) in [6, 6.07) is 12.3. The van der Waals surface area contributed by atoms with Crippen LogP contribution in [-0.4, -0.2) is 44.5 Å². The maximum absolute atomic E-state index is 11.4. The highest BCUT2D eigenvalue weighted by Gasteiger charge is 2.13. The molecular formula is C23H28ClN3O5S. The molecule has 3 rings (SSSR count). The predicted octanol–water partition coefficient (Wildman–Crippen LogP) is 4.19. The minimum atomic E-state index is -3.47. The number of hydrogen-bond donors (Lipinski definition) is 3. The third-order valence-corrected chi connectivity index (χ3v) is 5.64. The van der Waals surface area contributed by atoms with E-state index in [4.69, 9.17) is 20.8 Å². The van der Waals surface area contributed by atoms with Crippen molar-refractivity contribution in [2.24, 2.45) is 0 Å². The number of rotatable bonds is 11. The van der Waals surface area contributed by atoms with Crippen molar-refractivity contribution in [3.63, 3.8) is 0 Å². The van der Waals surface area contributed by atoms with Crippen molar-refractivity contribution in [2.45, 2.75) is 25.9 Å². The number of anilines is 1. The highest BCUT2D eigenvalue weighted by atomic mass is 35.5. The summed E-state index contributed by atoms with van der Waals surface area (Å²) in [5, 5.41) is 13.8. The van der Waals surface area contributed by atoms with Gasteiger partial charge in [0.05, 0.1) is 23.1 Å². The van der Waals surface area contributed by atoms with Gasteiger partial charge in [0.15, 0.2) is 5.89 Å². The zero-order chi connectivity index (χ0) is 24.0.